The van der Waals surface area contributed by atoms with E-state index >= 15 is 0 Å². The minimum Gasteiger partial charge on any atom is -0.496 e. The average Bonchev–Trinajstić information content (AvgIpc) is 2.30. The summed E-state index contributed by atoms with van der Waals surface area (Å²) in [5.74, 6) is 1.46. The monoisotopic (exact) mass is 205 g/mol. The Morgan fingerprint density at radius 2 is 2.20 bits per heavy atom. The van der Waals surface area contributed by atoms with Crippen LogP contribution in [0, 0.1) is 0 Å². The number of piperidine rings is 1. The van der Waals surface area contributed by atoms with Crippen LogP contribution in [-0.4, -0.2) is 19.6 Å². The van der Waals surface area contributed by atoms with Crippen molar-refractivity contribution < 1.29 is 9.53 Å². The van der Waals surface area contributed by atoms with Gasteiger partial charge in [-0.05, 0) is 18.1 Å². The zero-order chi connectivity index (χ0) is 10.7. The fraction of sp³-hybridized carbons (Fsp3) is 0.417. The molecule has 1 fully saturated rings. The summed E-state index contributed by atoms with van der Waals surface area (Å²) in [4.78, 5) is 11.1. The van der Waals surface area contributed by atoms with E-state index in [9.17, 15) is 4.79 Å². The first-order chi connectivity index (χ1) is 7.31. The Balaban J connectivity index is 2.18. The summed E-state index contributed by atoms with van der Waals surface area (Å²) in [7, 11) is 1.68. The summed E-state index contributed by atoms with van der Waals surface area (Å²) in [6.07, 6.45) is 1.52. The second-order valence-electron chi connectivity index (χ2n) is 3.78. The molecule has 0 unspecified atom stereocenters. The average molecular weight is 205 g/mol. The molecule has 0 bridgehead atoms. The minimum atomic E-state index is 0.154. The van der Waals surface area contributed by atoms with Gasteiger partial charge in [0.2, 0.25) is 5.91 Å². The molecule has 1 aliphatic rings. The van der Waals surface area contributed by atoms with Crippen molar-refractivity contribution in [2.75, 3.05) is 13.7 Å². The number of para-hydroxylation sites is 1. The Labute approximate surface area is 89.4 Å². The molecule has 1 N–H and O–H groups in total. The molecule has 0 saturated carbocycles. The predicted molar refractivity (Wildman–Crippen MR) is 58.0 cm³/mol. The molecular formula is C12H15NO2. The largest absolute Gasteiger partial charge is 0.496 e. The van der Waals surface area contributed by atoms with Gasteiger partial charge in [-0.25, -0.2) is 0 Å². The van der Waals surface area contributed by atoms with Crippen LogP contribution in [0.3, 0.4) is 0 Å². The van der Waals surface area contributed by atoms with Gasteiger partial charge < -0.3 is 10.1 Å². The third kappa shape index (κ3) is 2.12. The Morgan fingerprint density at radius 1 is 1.40 bits per heavy atom. The molecule has 1 heterocycles. The summed E-state index contributed by atoms with van der Waals surface area (Å²) in [5.41, 5.74) is 1.19. The maximum absolute atomic E-state index is 11.1. The predicted octanol–water partition coefficient (Wildman–Crippen LogP) is 1.69. The van der Waals surface area contributed by atoms with Gasteiger partial charge in [0, 0.05) is 18.9 Å². The fourth-order valence-electron chi connectivity index (χ4n) is 2.00. The van der Waals surface area contributed by atoms with Crippen LogP contribution in [0.25, 0.3) is 0 Å². The lowest BCUT2D eigenvalue weighted by Crippen LogP contribution is -2.33. The Kier molecular flexibility index (Phi) is 2.90. The maximum atomic E-state index is 11.1. The molecule has 80 valence electrons. The van der Waals surface area contributed by atoms with Crippen LogP contribution in [0.4, 0.5) is 0 Å². The zero-order valence-electron chi connectivity index (χ0n) is 8.82. The van der Waals surface area contributed by atoms with E-state index in [0.717, 1.165) is 18.7 Å². The summed E-state index contributed by atoms with van der Waals surface area (Å²) in [5, 5.41) is 2.89. The normalized spacial score (nSPS) is 20.9. The van der Waals surface area contributed by atoms with E-state index < -0.39 is 0 Å². The molecule has 3 nitrogen and oxygen atoms in total. The van der Waals surface area contributed by atoms with E-state index in [0.29, 0.717) is 12.3 Å². The van der Waals surface area contributed by atoms with Crippen LogP contribution in [-0.2, 0) is 4.79 Å². The van der Waals surface area contributed by atoms with Crippen LogP contribution < -0.4 is 10.1 Å². The van der Waals surface area contributed by atoms with E-state index in [-0.39, 0.29) is 5.91 Å². The lowest BCUT2D eigenvalue weighted by molar-refractivity contribution is -0.122. The first kappa shape index (κ1) is 10.0. The molecule has 1 aromatic carbocycles. The van der Waals surface area contributed by atoms with Gasteiger partial charge in [0.1, 0.15) is 5.75 Å². The van der Waals surface area contributed by atoms with E-state index in [1.807, 2.05) is 18.2 Å². The Bertz CT molecular complexity index is 352. The molecular weight excluding hydrogens is 190 g/mol. The zero-order valence-corrected chi connectivity index (χ0v) is 8.82. The number of amides is 1. The summed E-state index contributed by atoms with van der Waals surface area (Å²) in [6.45, 7) is 0.721. The van der Waals surface area contributed by atoms with Crippen molar-refractivity contribution in [1.82, 2.24) is 5.32 Å². The molecule has 0 aromatic heterocycles. The molecule has 0 spiro atoms. The quantitative estimate of drug-likeness (QED) is 0.797. The third-order valence-electron chi connectivity index (χ3n) is 2.84. The van der Waals surface area contributed by atoms with Gasteiger partial charge in [-0.2, -0.15) is 0 Å². The smallest absolute Gasteiger partial charge is 0.220 e. The number of carbonyl (C=O) groups excluding carboxylic acids is 1. The van der Waals surface area contributed by atoms with Gasteiger partial charge >= 0.3 is 0 Å². The van der Waals surface area contributed by atoms with Crippen molar-refractivity contribution in [3.63, 3.8) is 0 Å². The van der Waals surface area contributed by atoms with Gasteiger partial charge in [0.25, 0.3) is 0 Å². The summed E-state index contributed by atoms with van der Waals surface area (Å²) in [6, 6.07) is 8.00. The number of hydrogen-bond acceptors (Lipinski definition) is 2. The summed E-state index contributed by atoms with van der Waals surface area (Å²) >= 11 is 0. The topological polar surface area (TPSA) is 38.3 Å². The van der Waals surface area contributed by atoms with E-state index in [1.54, 1.807) is 7.11 Å². The van der Waals surface area contributed by atoms with Crippen LogP contribution in [0.15, 0.2) is 24.3 Å². The molecule has 0 aliphatic carbocycles. The number of carbonyl (C=O) groups is 1. The molecule has 0 radical (unpaired) electrons. The standard InChI is InChI=1S/C12H15NO2/c1-15-11-5-3-2-4-10(11)9-6-7-12(14)13-8-9/h2-5,9H,6-8H2,1H3,(H,13,14)/t9-/m1/s1. The van der Waals surface area contributed by atoms with Crippen molar-refractivity contribution >= 4 is 5.91 Å². The SMILES string of the molecule is COc1ccccc1[C@@H]1CCC(=O)NC1. The van der Waals surface area contributed by atoms with Crippen LogP contribution in [0.2, 0.25) is 0 Å². The Hall–Kier alpha value is -1.51. The van der Waals surface area contributed by atoms with Crippen molar-refractivity contribution in [2.45, 2.75) is 18.8 Å². The van der Waals surface area contributed by atoms with E-state index in [1.165, 1.54) is 5.56 Å². The van der Waals surface area contributed by atoms with Gasteiger partial charge in [-0.3, -0.25) is 4.79 Å². The summed E-state index contributed by atoms with van der Waals surface area (Å²) < 4.78 is 5.31. The maximum Gasteiger partial charge on any atom is 0.220 e. The first-order valence-corrected chi connectivity index (χ1v) is 5.21. The number of hydrogen-bond donors (Lipinski definition) is 1. The van der Waals surface area contributed by atoms with Gasteiger partial charge in [0.05, 0.1) is 7.11 Å². The van der Waals surface area contributed by atoms with Gasteiger partial charge in [0.15, 0.2) is 0 Å². The van der Waals surface area contributed by atoms with E-state index in [2.05, 4.69) is 11.4 Å². The second-order valence-corrected chi connectivity index (χ2v) is 3.78. The second kappa shape index (κ2) is 4.34. The third-order valence-corrected chi connectivity index (χ3v) is 2.84. The number of benzene rings is 1. The number of nitrogens with one attached hydrogen (secondary N) is 1. The number of rotatable bonds is 2. The molecule has 1 saturated heterocycles. The number of ether oxygens (including phenoxy) is 1. The van der Waals surface area contributed by atoms with Crippen molar-refractivity contribution in [1.29, 1.82) is 0 Å². The molecule has 15 heavy (non-hydrogen) atoms. The molecule has 1 aromatic rings. The molecule has 1 atom stereocenters. The van der Waals surface area contributed by atoms with Gasteiger partial charge in [-0.15, -0.1) is 0 Å². The molecule has 3 heteroatoms. The highest BCUT2D eigenvalue weighted by atomic mass is 16.5. The highest BCUT2D eigenvalue weighted by Crippen LogP contribution is 2.30. The van der Waals surface area contributed by atoms with Crippen LogP contribution >= 0.6 is 0 Å². The van der Waals surface area contributed by atoms with Crippen molar-refractivity contribution in [3.8, 4) is 5.75 Å². The number of methoxy groups -OCH3 is 1. The minimum absolute atomic E-state index is 0.154. The highest BCUT2D eigenvalue weighted by Gasteiger charge is 2.21. The molecule has 1 amide bonds. The molecule has 2 rings (SSSR count). The highest BCUT2D eigenvalue weighted by molar-refractivity contribution is 5.77. The van der Waals surface area contributed by atoms with E-state index in [4.69, 9.17) is 4.74 Å². The van der Waals surface area contributed by atoms with Crippen LogP contribution in [0.5, 0.6) is 5.75 Å². The van der Waals surface area contributed by atoms with Crippen LogP contribution in [0.1, 0.15) is 24.3 Å². The van der Waals surface area contributed by atoms with Crippen molar-refractivity contribution in [3.05, 3.63) is 29.8 Å². The molecule has 1 aliphatic heterocycles. The lowest BCUT2D eigenvalue weighted by atomic mass is 9.91. The first-order valence-electron chi connectivity index (χ1n) is 5.21. The van der Waals surface area contributed by atoms with Gasteiger partial charge in [-0.1, -0.05) is 18.2 Å². The fourth-order valence-corrected chi connectivity index (χ4v) is 2.00. The van der Waals surface area contributed by atoms with Crippen molar-refractivity contribution in [2.24, 2.45) is 0 Å². The Morgan fingerprint density at radius 3 is 2.87 bits per heavy atom. The lowest BCUT2D eigenvalue weighted by Gasteiger charge is -2.24.